The van der Waals surface area contributed by atoms with Crippen molar-refractivity contribution in [2.45, 2.75) is 5.38 Å². The average molecular weight is 380 g/mol. The van der Waals surface area contributed by atoms with E-state index in [4.69, 9.17) is 11.6 Å². The number of nitrogens with zero attached hydrogens (tertiary/aromatic N) is 2. The van der Waals surface area contributed by atoms with E-state index in [0.29, 0.717) is 28.3 Å². The van der Waals surface area contributed by atoms with Crippen LogP contribution in [0.3, 0.4) is 0 Å². The first-order valence-corrected chi connectivity index (χ1v) is 8.80. The van der Waals surface area contributed by atoms with Crippen LogP contribution in [0.15, 0.2) is 79.0 Å². The lowest BCUT2D eigenvalue weighted by Crippen LogP contribution is -2.18. The number of hydrogen-bond acceptors (Lipinski definition) is 2. The predicted octanol–water partition coefficient (Wildman–Crippen LogP) is 5.06. The number of hydrogen-bond donors (Lipinski definition) is 1. The zero-order chi connectivity index (χ0) is 18.8. The number of carbonyl (C=O) groups is 1. The number of nitrogens with one attached hydrogen (secondary N) is 1. The number of amides is 1. The Hall–Kier alpha value is -3.18. The summed E-state index contributed by atoms with van der Waals surface area (Å²) in [5, 5.41) is 2.00. The van der Waals surface area contributed by atoms with Gasteiger partial charge in [0.2, 0.25) is 5.91 Å². The minimum atomic E-state index is -0.860. The van der Waals surface area contributed by atoms with Gasteiger partial charge >= 0.3 is 0 Å². The fourth-order valence-electron chi connectivity index (χ4n) is 2.91. The number of rotatable bonds is 4. The summed E-state index contributed by atoms with van der Waals surface area (Å²) >= 11 is 6.35. The Morgan fingerprint density at radius 3 is 2.59 bits per heavy atom. The van der Waals surface area contributed by atoms with Crippen LogP contribution in [0.25, 0.3) is 16.9 Å². The van der Waals surface area contributed by atoms with Gasteiger partial charge in [-0.05, 0) is 29.8 Å². The van der Waals surface area contributed by atoms with Crippen LogP contribution in [-0.2, 0) is 4.79 Å². The van der Waals surface area contributed by atoms with Gasteiger partial charge in [-0.2, -0.15) is 0 Å². The van der Waals surface area contributed by atoms with E-state index in [0.717, 1.165) is 0 Å². The van der Waals surface area contributed by atoms with Crippen molar-refractivity contribution in [3.8, 4) is 11.3 Å². The molecule has 1 N–H and O–H groups in total. The van der Waals surface area contributed by atoms with Gasteiger partial charge in [-0.1, -0.05) is 48.5 Å². The quantitative estimate of drug-likeness (QED) is 0.504. The molecule has 0 saturated carbocycles. The monoisotopic (exact) mass is 379 g/mol. The van der Waals surface area contributed by atoms with Crippen molar-refractivity contribution in [2.24, 2.45) is 0 Å². The lowest BCUT2D eigenvalue weighted by Gasteiger charge is -2.12. The SMILES string of the molecule is O=C(Nc1c(-c2cccc(F)c2)nc2ccccn12)C(Cl)c1ccccc1. The summed E-state index contributed by atoms with van der Waals surface area (Å²) in [4.78, 5) is 17.3. The van der Waals surface area contributed by atoms with Gasteiger partial charge in [-0.25, -0.2) is 9.37 Å². The van der Waals surface area contributed by atoms with E-state index in [1.54, 1.807) is 34.9 Å². The van der Waals surface area contributed by atoms with E-state index in [1.165, 1.54) is 12.1 Å². The molecule has 0 aliphatic rings. The van der Waals surface area contributed by atoms with Crippen LogP contribution in [0.1, 0.15) is 10.9 Å². The molecule has 0 fully saturated rings. The molecule has 6 heteroatoms. The van der Waals surface area contributed by atoms with E-state index >= 15 is 0 Å². The Kier molecular flexibility index (Phi) is 4.60. The van der Waals surface area contributed by atoms with Crippen molar-refractivity contribution in [1.82, 2.24) is 9.38 Å². The molecular weight excluding hydrogens is 365 g/mol. The number of alkyl halides is 1. The van der Waals surface area contributed by atoms with Gasteiger partial charge in [0.05, 0.1) is 0 Å². The van der Waals surface area contributed by atoms with E-state index in [9.17, 15) is 9.18 Å². The number of benzene rings is 2. The number of aromatic nitrogens is 2. The normalized spacial score (nSPS) is 12.1. The molecule has 0 aliphatic carbocycles. The van der Waals surface area contributed by atoms with E-state index in [1.807, 2.05) is 36.4 Å². The molecule has 4 aromatic rings. The minimum Gasteiger partial charge on any atom is -0.308 e. The minimum absolute atomic E-state index is 0.374. The Morgan fingerprint density at radius 1 is 1.04 bits per heavy atom. The lowest BCUT2D eigenvalue weighted by atomic mass is 10.1. The summed E-state index contributed by atoms with van der Waals surface area (Å²) < 4.78 is 15.5. The maximum absolute atomic E-state index is 13.7. The Bertz CT molecular complexity index is 1110. The van der Waals surface area contributed by atoms with Crippen molar-refractivity contribution in [1.29, 1.82) is 0 Å². The highest BCUT2D eigenvalue weighted by molar-refractivity contribution is 6.32. The first-order chi connectivity index (χ1) is 13.1. The topological polar surface area (TPSA) is 46.4 Å². The molecule has 27 heavy (non-hydrogen) atoms. The first-order valence-electron chi connectivity index (χ1n) is 8.36. The summed E-state index contributed by atoms with van der Waals surface area (Å²) in [7, 11) is 0. The summed E-state index contributed by atoms with van der Waals surface area (Å²) in [5.74, 6) is -0.310. The highest BCUT2D eigenvalue weighted by atomic mass is 35.5. The van der Waals surface area contributed by atoms with Gasteiger partial charge in [0.1, 0.15) is 28.4 Å². The molecule has 0 spiro atoms. The molecule has 0 bridgehead atoms. The third-order valence-electron chi connectivity index (χ3n) is 4.19. The Balaban J connectivity index is 1.76. The summed E-state index contributed by atoms with van der Waals surface area (Å²) in [6.07, 6.45) is 1.78. The standard InChI is InChI=1S/C21H15ClFN3O/c22-18(14-7-2-1-3-8-14)21(27)25-20-19(15-9-6-10-16(23)13-15)24-17-11-4-5-12-26(17)20/h1-13,18H,(H,25,27). The highest BCUT2D eigenvalue weighted by Crippen LogP contribution is 2.31. The highest BCUT2D eigenvalue weighted by Gasteiger charge is 2.22. The molecule has 2 aromatic carbocycles. The van der Waals surface area contributed by atoms with Crippen LogP contribution < -0.4 is 5.32 Å². The Labute approximate surface area is 160 Å². The zero-order valence-electron chi connectivity index (χ0n) is 14.1. The van der Waals surface area contributed by atoms with Crippen molar-refractivity contribution in [3.05, 3.63) is 90.4 Å². The molecule has 1 unspecified atom stereocenters. The number of halogens is 2. The van der Waals surface area contributed by atoms with Crippen LogP contribution in [0, 0.1) is 5.82 Å². The van der Waals surface area contributed by atoms with Gasteiger partial charge in [-0.3, -0.25) is 9.20 Å². The fourth-order valence-corrected chi connectivity index (χ4v) is 3.11. The molecule has 1 amide bonds. The third-order valence-corrected chi connectivity index (χ3v) is 4.64. The lowest BCUT2D eigenvalue weighted by molar-refractivity contribution is -0.116. The van der Waals surface area contributed by atoms with Crippen LogP contribution >= 0.6 is 11.6 Å². The average Bonchev–Trinajstić information content (AvgIpc) is 3.06. The summed E-state index contributed by atoms with van der Waals surface area (Å²) in [6.45, 7) is 0. The fraction of sp³-hybridized carbons (Fsp3) is 0.0476. The molecule has 4 rings (SSSR count). The molecule has 134 valence electrons. The van der Waals surface area contributed by atoms with Gasteiger partial charge in [-0.15, -0.1) is 11.6 Å². The van der Waals surface area contributed by atoms with Crippen LogP contribution in [0.5, 0.6) is 0 Å². The van der Waals surface area contributed by atoms with Crippen molar-refractivity contribution < 1.29 is 9.18 Å². The number of pyridine rings is 1. The van der Waals surface area contributed by atoms with Gasteiger partial charge in [0, 0.05) is 11.8 Å². The third kappa shape index (κ3) is 3.41. The maximum atomic E-state index is 13.7. The second-order valence-electron chi connectivity index (χ2n) is 6.01. The number of fused-ring (bicyclic) bond motifs is 1. The van der Waals surface area contributed by atoms with Gasteiger partial charge in [0.15, 0.2) is 0 Å². The molecule has 1 atom stereocenters. The molecule has 2 aromatic heterocycles. The van der Waals surface area contributed by atoms with Gasteiger partial charge < -0.3 is 5.32 Å². The smallest absolute Gasteiger partial charge is 0.248 e. The van der Waals surface area contributed by atoms with E-state index in [-0.39, 0.29) is 11.7 Å². The molecule has 2 heterocycles. The maximum Gasteiger partial charge on any atom is 0.248 e. The molecule has 0 radical (unpaired) electrons. The second-order valence-corrected chi connectivity index (χ2v) is 6.45. The molecule has 0 aliphatic heterocycles. The van der Waals surface area contributed by atoms with Crippen molar-refractivity contribution >= 4 is 29.0 Å². The molecule has 0 saturated heterocycles. The van der Waals surface area contributed by atoms with Crippen LogP contribution in [0.4, 0.5) is 10.2 Å². The van der Waals surface area contributed by atoms with Crippen LogP contribution in [0.2, 0.25) is 0 Å². The summed E-state index contributed by atoms with van der Waals surface area (Å²) in [5.41, 5.74) is 2.38. The largest absolute Gasteiger partial charge is 0.308 e. The molecule has 4 nitrogen and oxygen atoms in total. The molecular formula is C21H15ClFN3O. The summed E-state index contributed by atoms with van der Waals surface area (Å²) in [6, 6.07) is 20.7. The number of anilines is 1. The van der Waals surface area contributed by atoms with Crippen molar-refractivity contribution in [3.63, 3.8) is 0 Å². The first kappa shape index (κ1) is 17.2. The number of carbonyl (C=O) groups excluding carboxylic acids is 1. The van der Waals surface area contributed by atoms with E-state index in [2.05, 4.69) is 10.3 Å². The van der Waals surface area contributed by atoms with Gasteiger partial charge in [0.25, 0.3) is 0 Å². The zero-order valence-corrected chi connectivity index (χ0v) is 14.9. The Morgan fingerprint density at radius 2 is 1.81 bits per heavy atom. The predicted molar refractivity (Wildman–Crippen MR) is 104 cm³/mol. The van der Waals surface area contributed by atoms with E-state index < -0.39 is 5.38 Å². The second kappa shape index (κ2) is 7.21. The number of imidazole rings is 1. The van der Waals surface area contributed by atoms with Crippen molar-refractivity contribution in [2.75, 3.05) is 5.32 Å². The van der Waals surface area contributed by atoms with Crippen LogP contribution in [-0.4, -0.2) is 15.3 Å².